The largest absolute Gasteiger partial charge is 0.395 e. The number of nitrogens with zero attached hydrogens (tertiary/aromatic N) is 1. The first-order chi connectivity index (χ1) is 6.75. The van der Waals surface area contributed by atoms with E-state index in [1.165, 1.54) is 38.5 Å². The maximum absolute atomic E-state index is 8.94. The maximum Gasteiger partial charge on any atom is 0.0558 e. The van der Waals surface area contributed by atoms with Crippen molar-refractivity contribution < 1.29 is 5.11 Å². The monoisotopic (exact) mass is 199 g/mol. The fourth-order valence-electron chi connectivity index (χ4n) is 2.63. The predicted molar refractivity (Wildman–Crippen MR) is 60.4 cm³/mol. The smallest absolute Gasteiger partial charge is 0.0558 e. The second-order valence-corrected chi connectivity index (χ2v) is 4.74. The Bertz CT molecular complexity index is 145. The van der Waals surface area contributed by atoms with Gasteiger partial charge in [-0.05, 0) is 25.8 Å². The van der Waals surface area contributed by atoms with Crippen molar-refractivity contribution >= 4 is 0 Å². The van der Waals surface area contributed by atoms with Gasteiger partial charge in [-0.2, -0.15) is 0 Å². The Morgan fingerprint density at radius 3 is 2.43 bits per heavy atom. The zero-order chi connectivity index (χ0) is 10.4. The molecule has 14 heavy (non-hydrogen) atoms. The van der Waals surface area contributed by atoms with Crippen LogP contribution in [0.25, 0.3) is 0 Å². The summed E-state index contributed by atoms with van der Waals surface area (Å²) in [4.78, 5) is 2.34. The van der Waals surface area contributed by atoms with Crippen LogP contribution in [0, 0.1) is 5.92 Å². The van der Waals surface area contributed by atoms with Crippen LogP contribution < -0.4 is 0 Å². The highest BCUT2D eigenvalue weighted by molar-refractivity contribution is 4.76. The van der Waals surface area contributed by atoms with Crippen LogP contribution in [0.2, 0.25) is 0 Å². The van der Waals surface area contributed by atoms with E-state index in [0.717, 1.165) is 12.5 Å². The molecular formula is C12H25NO. The number of likely N-dealkylation sites (N-methyl/N-ethyl adjacent to an activating group) is 1. The van der Waals surface area contributed by atoms with Crippen LogP contribution in [0.1, 0.15) is 45.4 Å². The molecule has 0 bridgehead atoms. The highest BCUT2D eigenvalue weighted by Crippen LogP contribution is 2.25. The number of hydrogen-bond acceptors (Lipinski definition) is 2. The van der Waals surface area contributed by atoms with Gasteiger partial charge in [0.2, 0.25) is 0 Å². The molecule has 2 heteroatoms. The standard InChI is InChI=1S/C12H25NO/c1-11-7-5-3-4-6-8-12(11)13(2)9-10-14/h11-12,14H,3-10H2,1-2H3. The van der Waals surface area contributed by atoms with Gasteiger partial charge in [-0.15, -0.1) is 0 Å². The Morgan fingerprint density at radius 2 is 1.79 bits per heavy atom. The van der Waals surface area contributed by atoms with E-state index in [9.17, 15) is 0 Å². The summed E-state index contributed by atoms with van der Waals surface area (Å²) in [6, 6.07) is 0.697. The molecule has 1 N–H and O–H groups in total. The van der Waals surface area contributed by atoms with Crippen LogP contribution in [0.5, 0.6) is 0 Å². The Kier molecular flexibility index (Phi) is 5.49. The molecule has 1 fully saturated rings. The van der Waals surface area contributed by atoms with Gasteiger partial charge in [0, 0.05) is 12.6 Å². The van der Waals surface area contributed by atoms with Gasteiger partial charge >= 0.3 is 0 Å². The van der Waals surface area contributed by atoms with E-state index in [2.05, 4.69) is 18.9 Å². The summed E-state index contributed by atoms with van der Waals surface area (Å²) in [5.41, 5.74) is 0. The van der Waals surface area contributed by atoms with Gasteiger partial charge in [-0.1, -0.05) is 32.6 Å². The van der Waals surface area contributed by atoms with Crippen molar-refractivity contribution in [2.45, 2.75) is 51.5 Å². The lowest BCUT2D eigenvalue weighted by Crippen LogP contribution is -2.39. The van der Waals surface area contributed by atoms with Crippen molar-refractivity contribution in [3.8, 4) is 0 Å². The minimum atomic E-state index is 0.291. The molecule has 84 valence electrons. The molecule has 0 aromatic rings. The van der Waals surface area contributed by atoms with Gasteiger partial charge in [-0.3, -0.25) is 0 Å². The second-order valence-electron chi connectivity index (χ2n) is 4.74. The van der Waals surface area contributed by atoms with Crippen molar-refractivity contribution in [1.82, 2.24) is 4.90 Å². The lowest BCUT2D eigenvalue weighted by molar-refractivity contribution is 0.126. The SMILES string of the molecule is CC1CCCCCCC1N(C)CCO. The first-order valence-corrected chi connectivity index (χ1v) is 6.07. The van der Waals surface area contributed by atoms with Crippen LogP contribution >= 0.6 is 0 Å². The van der Waals surface area contributed by atoms with Crippen molar-refractivity contribution in [3.63, 3.8) is 0 Å². The zero-order valence-corrected chi connectivity index (χ0v) is 9.71. The summed E-state index contributed by atoms with van der Waals surface area (Å²) in [5.74, 6) is 0.798. The molecular weight excluding hydrogens is 174 g/mol. The Hall–Kier alpha value is -0.0800. The lowest BCUT2D eigenvalue weighted by atomic mass is 9.87. The summed E-state index contributed by atoms with van der Waals surface area (Å²) in [6.07, 6.45) is 8.25. The van der Waals surface area contributed by atoms with E-state index in [-0.39, 0.29) is 0 Å². The van der Waals surface area contributed by atoms with E-state index < -0.39 is 0 Å². The molecule has 2 unspecified atom stereocenters. The number of aliphatic hydroxyl groups is 1. The average molecular weight is 199 g/mol. The Morgan fingerprint density at radius 1 is 1.14 bits per heavy atom. The molecule has 0 aromatic heterocycles. The molecule has 0 amide bonds. The fourth-order valence-corrected chi connectivity index (χ4v) is 2.63. The van der Waals surface area contributed by atoms with Gasteiger partial charge < -0.3 is 10.0 Å². The third-order valence-corrected chi connectivity index (χ3v) is 3.59. The zero-order valence-electron chi connectivity index (χ0n) is 9.71. The first-order valence-electron chi connectivity index (χ1n) is 6.07. The predicted octanol–water partition coefficient (Wildman–Crippen LogP) is 2.27. The summed E-state index contributed by atoms with van der Waals surface area (Å²) in [6.45, 7) is 3.48. The molecule has 0 spiro atoms. The van der Waals surface area contributed by atoms with Crippen LogP contribution in [-0.4, -0.2) is 36.2 Å². The molecule has 1 aliphatic rings. The van der Waals surface area contributed by atoms with Gasteiger partial charge in [0.1, 0.15) is 0 Å². The van der Waals surface area contributed by atoms with Crippen LogP contribution in [0.3, 0.4) is 0 Å². The normalized spacial score (nSPS) is 30.0. The molecule has 2 atom stereocenters. The quantitative estimate of drug-likeness (QED) is 0.753. The first kappa shape index (κ1) is 12.0. The molecule has 0 aromatic carbocycles. The van der Waals surface area contributed by atoms with Gasteiger partial charge in [0.15, 0.2) is 0 Å². The van der Waals surface area contributed by atoms with Crippen LogP contribution in [-0.2, 0) is 0 Å². The van der Waals surface area contributed by atoms with E-state index in [1.54, 1.807) is 0 Å². The Labute approximate surface area is 88.3 Å². The lowest BCUT2D eigenvalue weighted by Gasteiger charge is -2.34. The number of aliphatic hydroxyl groups excluding tert-OH is 1. The van der Waals surface area contributed by atoms with E-state index in [1.807, 2.05) is 0 Å². The van der Waals surface area contributed by atoms with Gasteiger partial charge in [-0.25, -0.2) is 0 Å². The third kappa shape index (κ3) is 3.58. The van der Waals surface area contributed by atoms with E-state index in [0.29, 0.717) is 12.6 Å². The molecule has 0 saturated heterocycles. The highest BCUT2D eigenvalue weighted by atomic mass is 16.3. The van der Waals surface area contributed by atoms with E-state index >= 15 is 0 Å². The second kappa shape index (κ2) is 6.41. The fraction of sp³-hybridized carbons (Fsp3) is 1.00. The molecule has 0 heterocycles. The number of hydrogen-bond donors (Lipinski definition) is 1. The minimum absolute atomic E-state index is 0.291. The Balaban J connectivity index is 2.43. The summed E-state index contributed by atoms with van der Waals surface area (Å²) in [5, 5.41) is 8.94. The van der Waals surface area contributed by atoms with Gasteiger partial charge in [0.05, 0.1) is 6.61 Å². The molecule has 0 aliphatic heterocycles. The summed E-state index contributed by atoms with van der Waals surface area (Å²) < 4.78 is 0. The molecule has 1 saturated carbocycles. The number of rotatable bonds is 3. The maximum atomic E-state index is 8.94. The van der Waals surface area contributed by atoms with Crippen molar-refractivity contribution in [2.75, 3.05) is 20.2 Å². The summed E-state index contributed by atoms with van der Waals surface area (Å²) >= 11 is 0. The molecule has 0 radical (unpaired) electrons. The summed E-state index contributed by atoms with van der Waals surface area (Å²) in [7, 11) is 2.15. The van der Waals surface area contributed by atoms with E-state index in [4.69, 9.17) is 5.11 Å². The molecule has 1 rings (SSSR count). The van der Waals surface area contributed by atoms with Crippen molar-refractivity contribution in [2.24, 2.45) is 5.92 Å². The average Bonchev–Trinajstić information content (AvgIpc) is 2.12. The van der Waals surface area contributed by atoms with Crippen LogP contribution in [0.15, 0.2) is 0 Å². The van der Waals surface area contributed by atoms with Crippen LogP contribution in [0.4, 0.5) is 0 Å². The topological polar surface area (TPSA) is 23.5 Å². The molecule has 2 nitrogen and oxygen atoms in total. The minimum Gasteiger partial charge on any atom is -0.395 e. The van der Waals surface area contributed by atoms with Crippen molar-refractivity contribution in [3.05, 3.63) is 0 Å². The molecule has 1 aliphatic carbocycles. The van der Waals surface area contributed by atoms with Crippen molar-refractivity contribution in [1.29, 1.82) is 0 Å². The third-order valence-electron chi connectivity index (χ3n) is 3.59. The highest BCUT2D eigenvalue weighted by Gasteiger charge is 2.22. The van der Waals surface area contributed by atoms with Gasteiger partial charge in [0.25, 0.3) is 0 Å².